The summed E-state index contributed by atoms with van der Waals surface area (Å²) in [4.78, 5) is 150. The summed E-state index contributed by atoms with van der Waals surface area (Å²) in [6.45, 7) is 5.17. The normalized spacial score (nSPS) is 16.8. The first kappa shape index (κ1) is 77.1. The molecule has 0 radical (unpaired) electrons. The molecule has 30 heteroatoms. The van der Waals surface area contributed by atoms with Crippen LogP contribution in [0.4, 0.5) is 21.2 Å². The molecule has 0 spiro atoms. The molecule has 578 valence electrons. The molecule has 8 aromatic rings. The third kappa shape index (κ3) is 17.7. The van der Waals surface area contributed by atoms with Gasteiger partial charge in [0, 0.05) is 105 Å². The molecular weight excluding hydrogens is 1420 g/mol. The van der Waals surface area contributed by atoms with Gasteiger partial charge in [0.15, 0.2) is 5.60 Å². The summed E-state index contributed by atoms with van der Waals surface area (Å²) >= 11 is 0. The van der Waals surface area contributed by atoms with Crippen LogP contribution in [0, 0.1) is 11.8 Å². The molecule has 6 heterocycles. The van der Waals surface area contributed by atoms with E-state index >= 15 is 0 Å². The molecule has 4 fully saturated rings. The minimum Gasteiger partial charge on any atom is -0.495 e. The van der Waals surface area contributed by atoms with E-state index < -0.39 is 97.3 Å². The topological polar surface area (TPSA) is 386 Å². The number of urea groups is 1. The number of primary amides is 1. The number of carboxylic acids is 1. The Morgan fingerprint density at radius 2 is 1.48 bits per heavy atom. The SMILES string of the molecule is COc1ccc(C#CCNC2(C)CCN(C3CCN(c4nc([C@@](COCNC(=O)CNC(=O)[C@H](CC(N)=O)NC(C)=O)(OC5CC5)c5ccccc5)c5cc(-c6cn(C)c(=O)c7[nH]ccc67)ccc5n4)CC3)CC2)cc1N1CCC(=O)N(CNC(=O)[C@H](CC(=O)O)NC(=O)OCC2c3ccccc3-c3ccccc32)C1=O. The number of H-pyrrole nitrogens is 1. The first-order valence-electron chi connectivity index (χ1n) is 37.1. The number of nitrogens with zero attached hydrogens (tertiary/aromatic N) is 7. The summed E-state index contributed by atoms with van der Waals surface area (Å²) in [5, 5.41) is 27.2. The predicted octanol–water partition coefficient (Wildman–Crippen LogP) is 5.57. The van der Waals surface area contributed by atoms with Gasteiger partial charge in [0.25, 0.3) is 5.56 Å². The zero-order chi connectivity index (χ0) is 78.1. The highest BCUT2D eigenvalue weighted by Crippen LogP contribution is 2.46. The van der Waals surface area contributed by atoms with E-state index in [-0.39, 0.29) is 62.1 Å². The fraction of sp³-hybridized carbons (Fsp3) is 0.383. The van der Waals surface area contributed by atoms with E-state index in [0.717, 1.165) is 101 Å². The number of imide groups is 1. The number of anilines is 2. The Kier molecular flexibility index (Phi) is 23.5. The van der Waals surface area contributed by atoms with Crippen LogP contribution in [0.1, 0.15) is 106 Å². The van der Waals surface area contributed by atoms with Crippen LogP contribution in [0.25, 0.3) is 44.1 Å². The Morgan fingerprint density at radius 3 is 2.17 bits per heavy atom. The number of aliphatic carboxylic acids is 1. The molecule has 3 atom stereocenters. The highest BCUT2D eigenvalue weighted by atomic mass is 16.6. The molecule has 30 nitrogen and oxygen atoms in total. The lowest BCUT2D eigenvalue weighted by molar-refractivity contribution is -0.140. The Labute approximate surface area is 639 Å². The van der Waals surface area contributed by atoms with Gasteiger partial charge in [0.05, 0.1) is 62.6 Å². The number of hydrogen-bond acceptors (Lipinski definition) is 19. The number of aromatic amines is 1. The Balaban J connectivity index is 0.643. The maximum Gasteiger partial charge on any atom is 0.407 e. The summed E-state index contributed by atoms with van der Waals surface area (Å²) in [5.74, 6) is 1.40. The van der Waals surface area contributed by atoms with Crippen LogP contribution in [0.5, 0.6) is 5.75 Å². The maximum atomic E-state index is 14.2. The number of aromatic nitrogens is 4. The molecule has 1 saturated carbocycles. The number of carboxylic acid groups (broad SMARTS) is 1. The first-order valence-corrected chi connectivity index (χ1v) is 37.1. The minimum absolute atomic E-state index is 0.00359. The van der Waals surface area contributed by atoms with Gasteiger partial charge in [0.2, 0.25) is 41.4 Å². The molecule has 3 aromatic heterocycles. The van der Waals surface area contributed by atoms with Gasteiger partial charge in [-0.05, 0) is 115 Å². The van der Waals surface area contributed by atoms with Crippen molar-refractivity contribution in [3.05, 3.63) is 172 Å². The van der Waals surface area contributed by atoms with E-state index in [2.05, 4.69) is 65.4 Å². The molecule has 0 unspecified atom stereocenters. The van der Waals surface area contributed by atoms with E-state index in [0.29, 0.717) is 64.7 Å². The first-order chi connectivity index (χ1) is 53.5. The minimum atomic E-state index is -1.61. The van der Waals surface area contributed by atoms with Crippen molar-refractivity contribution in [3.8, 4) is 39.8 Å². The third-order valence-corrected chi connectivity index (χ3v) is 21.1. The lowest BCUT2D eigenvalue weighted by Crippen LogP contribution is -2.57. The second-order valence-electron chi connectivity index (χ2n) is 28.8. The van der Waals surface area contributed by atoms with Crippen molar-refractivity contribution in [2.45, 2.75) is 113 Å². The molecule has 3 saturated heterocycles. The van der Waals surface area contributed by atoms with Crippen molar-refractivity contribution in [3.63, 3.8) is 0 Å². The van der Waals surface area contributed by atoms with Gasteiger partial charge in [-0.2, -0.15) is 0 Å². The third-order valence-electron chi connectivity index (χ3n) is 21.1. The molecule has 5 aromatic carbocycles. The summed E-state index contributed by atoms with van der Waals surface area (Å²) in [6, 6.07) is 34.9. The smallest absolute Gasteiger partial charge is 0.407 e. The number of rotatable bonds is 29. The zero-order valence-corrected chi connectivity index (χ0v) is 62.1. The number of piperidine rings is 2. The highest BCUT2D eigenvalue weighted by molar-refractivity contribution is 6.07. The van der Waals surface area contributed by atoms with Gasteiger partial charge < -0.3 is 81.0 Å². The van der Waals surface area contributed by atoms with Crippen LogP contribution in [0.2, 0.25) is 0 Å². The Hall–Kier alpha value is -12.0. The number of likely N-dealkylation sites (tertiary alicyclic amines) is 1. The van der Waals surface area contributed by atoms with E-state index in [1.807, 2.05) is 109 Å². The predicted molar refractivity (Wildman–Crippen MR) is 411 cm³/mol. The Morgan fingerprint density at radius 1 is 0.775 bits per heavy atom. The van der Waals surface area contributed by atoms with Crippen LogP contribution >= 0.6 is 0 Å². The standard InChI is InChI=1S/C81H89N15O15/c1-49(97)88-64(41-68(82)98)74(103)84-43-69(99)86-48-109-46-81(111-54-22-23-54,52-14-6-5-7-15-52)73-60-40-51(61-44-92(3)76(105)72-59(61)26-33-83-72)21-24-63(60)89-77(91-73)94-34-27-53(28-35-94)93-37-30-80(2,31-38-93)87-32-12-13-50-20-25-67(108-4)66(39-50)95-36-29-70(100)96(79(95)107)47-85-75(104)65(42-71(101)102)90-78(106)110-45-62-57-18-10-8-16-55(57)56-17-9-11-19-58(56)62/h5-11,14-21,24-26,33,39-40,44,53-54,62,64-65,83,87H,22-23,27-32,34-38,41-43,45-48H2,1-4H3,(H2,82,98)(H,84,103)(H,85,104)(H,86,99)(H,88,97)(H,90,106)(H,101,102)/t64-,65-,81-/m0/s1. The number of carbonyl (C=O) groups excluding carboxylic acids is 8. The average Bonchev–Trinajstić information content (AvgIpc) is 1.20. The van der Waals surface area contributed by atoms with Gasteiger partial charge in [-0.25, -0.2) is 24.5 Å². The molecule has 5 aliphatic rings. The zero-order valence-electron chi connectivity index (χ0n) is 62.1. The van der Waals surface area contributed by atoms with Gasteiger partial charge in [0.1, 0.15) is 43.4 Å². The summed E-state index contributed by atoms with van der Waals surface area (Å²) in [7, 11) is 3.17. The number of nitrogens with two attached hydrogens (primary N) is 1. The van der Waals surface area contributed by atoms with Crippen molar-refractivity contribution in [2.75, 3.05) is 89.3 Å². The number of pyridine rings is 1. The van der Waals surface area contributed by atoms with Crippen LogP contribution in [-0.2, 0) is 60.4 Å². The lowest BCUT2D eigenvalue weighted by atomic mass is 9.87. The number of carbonyl (C=O) groups is 9. The average molecular weight is 1510 g/mol. The number of benzene rings is 5. The number of alkyl carbamates (subject to hydrolysis) is 1. The lowest BCUT2D eigenvalue weighted by Gasteiger charge is -2.45. The molecule has 2 aliphatic carbocycles. The highest BCUT2D eigenvalue weighted by Gasteiger charge is 2.46. The van der Waals surface area contributed by atoms with Gasteiger partial charge in [-0.3, -0.25) is 43.3 Å². The van der Waals surface area contributed by atoms with Crippen LogP contribution in [-0.4, -0.2) is 197 Å². The number of amides is 9. The molecule has 13 rings (SSSR count). The van der Waals surface area contributed by atoms with E-state index in [4.69, 9.17) is 34.6 Å². The number of fused-ring (bicyclic) bond motifs is 5. The van der Waals surface area contributed by atoms with Crippen molar-refractivity contribution < 1.29 is 67.2 Å². The molecule has 9 amide bonds. The number of aryl methyl sites for hydroxylation is 1. The van der Waals surface area contributed by atoms with Crippen LogP contribution in [0.3, 0.4) is 0 Å². The molecule has 3 aliphatic heterocycles. The second kappa shape index (κ2) is 33.8. The summed E-state index contributed by atoms with van der Waals surface area (Å²) < 4.78 is 26.5. The molecule has 111 heavy (non-hydrogen) atoms. The monoisotopic (exact) mass is 1510 g/mol. The summed E-state index contributed by atoms with van der Waals surface area (Å²) in [5.41, 5.74) is 12.4. The van der Waals surface area contributed by atoms with Crippen molar-refractivity contribution in [1.82, 2.24) is 61.2 Å². The van der Waals surface area contributed by atoms with E-state index in [1.165, 1.54) is 18.9 Å². The van der Waals surface area contributed by atoms with Gasteiger partial charge in [-0.15, -0.1) is 0 Å². The molecule has 0 bridgehead atoms. The largest absolute Gasteiger partial charge is 0.495 e. The van der Waals surface area contributed by atoms with Crippen LogP contribution < -0.4 is 57.7 Å². The Bertz CT molecular complexity index is 4960. The fourth-order valence-electron chi connectivity index (χ4n) is 15.1. The van der Waals surface area contributed by atoms with Gasteiger partial charge in [-0.1, -0.05) is 96.8 Å². The number of methoxy groups -OCH3 is 1. The van der Waals surface area contributed by atoms with Crippen LogP contribution in [0.15, 0.2) is 139 Å². The van der Waals surface area contributed by atoms with Crippen molar-refractivity contribution >= 4 is 87.0 Å². The molecular formula is C81H89N15O15. The molecule has 10 N–H and O–H groups in total. The second-order valence-corrected chi connectivity index (χ2v) is 28.8. The van der Waals surface area contributed by atoms with E-state index in [1.54, 1.807) is 36.0 Å². The fourth-order valence-corrected chi connectivity index (χ4v) is 15.1. The van der Waals surface area contributed by atoms with Crippen molar-refractivity contribution in [1.29, 1.82) is 0 Å². The number of hydrogen-bond donors (Lipinski definition) is 9. The summed E-state index contributed by atoms with van der Waals surface area (Å²) in [6.07, 6.45) is 5.99. The maximum absolute atomic E-state index is 14.2. The van der Waals surface area contributed by atoms with E-state index in [9.17, 15) is 53.1 Å². The van der Waals surface area contributed by atoms with Gasteiger partial charge >= 0.3 is 18.1 Å². The quantitative estimate of drug-likeness (QED) is 0.0157. The number of ether oxygens (including phenoxy) is 4. The number of nitrogens with one attached hydrogen (secondary N) is 7. The van der Waals surface area contributed by atoms with Crippen molar-refractivity contribution in [2.24, 2.45) is 12.8 Å².